The average molecular weight is 399 g/mol. The number of hydrogen-bond donors (Lipinski definition) is 0. The molecule has 0 aliphatic heterocycles. The van der Waals surface area contributed by atoms with Gasteiger partial charge in [0.25, 0.3) is 5.91 Å². The second-order valence-corrected chi connectivity index (χ2v) is 8.06. The number of amides is 1. The molecule has 0 bridgehead atoms. The van der Waals surface area contributed by atoms with E-state index >= 15 is 0 Å². The highest BCUT2D eigenvalue weighted by Gasteiger charge is 2.12. The van der Waals surface area contributed by atoms with E-state index in [9.17, 15) is 4.79 Å². The largest absolute Gasteiger partial charge is 0.285 e. The van der Waals surface area contributed by atoms with Crippen molar-refractivity contribution < 1.29 is 4.79 Å². The van der Waals surface area contributed by atoms with Crippen LogP contribution in [0.5, 0.6) is 0 Å². The van der Waals surface area contributed by atoms with Gasteiger partial charge in [0.15, 0.2) is 4.80 Å². The summed E-state index contributed by atoms with van der Waals surface area (Å²) in [4.78, 5) is 17.9. The summed E-state index contributed by atoms with van der Waals surface area (Å²) < 4.78 is 2.06. The minimum atomic E-state index is -0.233. The fraction of sp³-hybridized carbons (Fsp3) is 0.120. The van der Waals surface area contributed by atoms with Crippen molar-refractivity contribution in [3.05, 3.63) is 105 Å². The molecule has 3 nitrogen and oxygen atoms in total. The zero-order valence-corrected chi connectivity index (χ0v) is 17.5. The van der Waals surface area contributed by atoms with E-state index in [2.05, 4.69) is 77.3 Å². The Morgan fingerprint density at radius 3 is 1.86 bits per heavy atom. The molecule has 1 amide bonds. The third kappa shape index (κ3) is 4.13. The fourth-order valence-electron chi connectivity index (χ4n) is 3.11. The Labute approximate surface area is 174 Å². The predicted octanol–water partition coefficient (Wildman–Crippen LogP) is 5.87. The molecule has 4 heteroatoms. The molecule has 0 aliphatic rings. The van der Waals surface area contributed by atoms with Crippen molar-refractivity contribution >= 4 is 17.2 Å². The lowest BCUT2D eigenvalue weighted by molar-refractivity contribution is 0.0998. The lowest BCUT2D eigenvalue weighted by Crippen LogP contribution is -2.16. The number of carbonyl (C=O) groups excluding carboxylic acids is 1. The van der Waals surface area contributed by atoms with Crippen molar-refractivity contribution in [2.45, 2.75) is 20.8 Å². The third-order valence-corrected chi connectivity index (χ3v) is 5.67. The molecule has 144 valence electrons. The molecule has 1 heterocycles. The normalized spacial score (nSPS) is 11.6. The molecule has 3 aromatic carbocycles. The first-order valence-electron chi connectivity index (χ1n) is 9.51. The van der Waals surface area contributed by atoms with E-state index in [4.69, 9.17) is 0 Å². The number of carbonyl (C=O) groups is 1. The van der Waals surface area contributed by atoms with E-state index in [-0.39, 0.29) is 5.91 Å². The number of nitrogens with zero attached hydrogens (tertiary/aromatic N) is 2. The number of benzene rings is 3. The molecule has 29 heavy (non-hydrogen) atoms. The molecule has 0 radical (unpaired) electrons. The summed E-state index contributed by atoms with van der Waals surface area (Å²) in [5, 5.41) is 2.06. The summed E-state index contributed by atoms with van der Waals surface area (Å²) in [6.45, 7) is 6.14. The van der Waals surface area contributed by atoms with Gasteiger partial charge in [-0.3, -0.25) is 9.36 Å². The fourth-order valence-corrected chi connectivity index (χ4v) is 4.01. The van der Waals surface area contributed by atoms with Gasteiger partial charge in [0, 0.05) is 16.6 Å². The van der Waals surface area contributed by atoms with Gasteiger partial charge in [-0.1, -0.05) is 65.2 Å². The molecule has 0 aliphatic carbocycles. The number of aromatic nitrogens is 1. The minimum Gasteiger partial charge on any atom is -0.285 e. The van der Waals surface area contributed by atoms with Crippen LogP contribution in [0.25, 0.3) is 16.9 Å². The van der Waals surface area contributed by atoms with Gasteiger partial charge in [0.05, 0.1) is 5.69 Å². The molecule has 4 rings (SSSR count). The van der Waals surface area contributed by atoms with Crippen LogP contribution in [0.1, 0.15) is 27.0 Å². The highest BCUT2D eigenvalue weighted by atomic mass is 32.1. The van der Waals surface area contributed by atoms with Crippen molar-refractivity contribution in [1.82, 2.24) is 4.57 Å². The maximum atomic E-state index is 12.8. The lowest BCUT2D eigenvalue weighted by atomic mass is 10.1. The molecule has 1 aromatic heterocycles. The summed E-state index contributed by atoms with van der Waals surface area (Å²) in [6.07, 6.45) is 0. The van der Waals surface area contributed by atoms with E-state index in [1.807, 2.05) is 31.2 Å². The zero-order valence-electron chi connectivity index (χ0n) is 16.7. The van der Waals surface area contributed by atoms with Gasteiger partial charge in [-0.25, -0.2) is 0 Å². The molecule has 0 spiro atoms. The van der Waals surface area contributed by atoms with Crippen molar-refractivity contribution in [3.8, 4) is 16.9 Å². The predicted molar refractivity (Wildman–Crippen MR) is 120 cm³/mol. The van der Waals surface area contributed by atoms with Gasteiger partial charge in [0.1, 0.15) is 0 Å². The van der Waals surface area contributed by atoms with Crippen LogP contribution in [0, 0.1) is 20.8 Å². The van der Waals surface area contributed by atoms with Crippen LogP contribution >= 0.6 is 11.3 Å². The number of hydrogen-bond acceptors (Lipinski definition) is 2. The van der Waals surface area contributed by atoms with E-state index in [0.717, 1.165) is 22.5 Å². The van der Waals surface area contributed by atoms with E-state index in [1.165, 1.54) is 22.5 Å². The highest BCUT2D eigenvalue weighted by Crippen LogP contribution is 2.24. The number of rotatable bonds is 3. The molecular weight excluding hydrogens is 376 g/mol. The van der Waals surface area contributed by atoms with Crippen molar-refractivity contribution in [1.29, 1.82) is 0 Å². The Bertz CT molecular complexity index is 1210. The monoisotopic (exact) mass is 398 g/mol. The van der Waals surface area contributed by atoms with Gasteiger partial charge in [-0.2, -0.15) is 4.99 Å². The maximum Gasteiger partial charge on any atom is 0.279 e. The van der Waals surface area contributed by atoms with Crippen LogP contribution < -0.4 is 4.80 Å². The second kappa shape index (κ2) is 8.02. The summed E-state index contributed by atoms with van der Waals surface area (Å²) in [6, 6.07) is 24.2. The van der Waals surface area contributed by atoms with Crippen LogP contribution in [-0.4, -0.2) is 10.5 Å². The second-order valence-electron chi connectivity index (χ2n) is 7.22. The Balaban J connectivity index is 1.87. The van der Waals surface area contributed by atoms with E-state index in [0.29, 0.717) is 10.4 Å². The van der Waals surface area contributed by atoms with Crippen LogP contribution in [0.2, 0.25) is 0 Å². The summed E-state index contributed by atoms with van der Waals surface area (Å²) in [5.41, 5.74) is 7.22. The standard InChI is InChI=1S/C25H22N2OS/c1-17-4-10-20(11-5-17)23-16-29-25(27(23)22-14-8-19(3)9-15-22)26-24(28)21-12-6-18(2)7-13-21/h4-16H,1-3H3. The van der Waals surface area contributed by atoms with Crippen LogP contribution in [0.3, 0.4) is 0 Å². The number of thiazole rings is 1. The van der Waals surface area contributed by atoms with Gasteiger partial charge < -0.3 is 0 Å². The number of aryl methyl sites for hydroxylation is 3. The average Bonchev–Trinajstić information content (AvgIpc) is 3.13. The molecule has 0 saturated heterocycles. The minimum absolute atomic E-state index is 0.233. The Kier molecular flexibility index (Phi) is 5.28. The first kappa shape index (κ1) is 19.1. The van der Waals surface area contributed by atoms with E-state index < -0.39 is 0 Å². The van der Waals surface area contributed by atoms with Gasteiger partial charge in [0.2, 0.25) is 0 Å². The summed E-state index contributed by atoms with van der Waals surface area (Å²) in [5.74, 6) is -0.233. The Morgan fingerprint density at radius 1 is 0.759 bits per heavy atom. The quantitative estimate of drug-likeness (QED) is 0.425. The molecule has 0 N–H and O–H groups in total. The first-order chi connectivity index (χ1) is 14.0. The highest BCUT2D eigenvalue weighted by molar-refractivity contribution is 7.07. The van der Waals surface area contributed by atoms with Crippen molar-refractivity contribution in [2.24, 2.45) is 4.99 Å². The molecular formula is C25H22N2OS. The lowest BCUT2D eigenvalue weighted by Gasteiger charge is -2.10. The SMILES string of the molecule is Cc1ccc(C(=O)N=c2scc(-c3ccc(C)cc3)n2-c2ccc(C)cc2)cc1. The Hall–Kier alpha value is -3.24. The Morgan fingerprint density at radius 2 is 1.28 bits per heavy atom. The topological polar surface area (TPSA) is 34.4 Å². The van der Waals surface area contributed by atoms with Crippen LogP contribution in [0.4, 0.5) is 0 Å². The summed E-state index contributed by atoms with van der Waals surface area (Å²) >= 11 is 1.48. The van der Waals surface area contributed by atoms with Gasteiger partial charge in [-0.05, 0) is 50.6 Å². The zero-order chi connectivity index (χ0) is 20.4. The van der Waals surface area contributed by atoms with Crippen LogP contribution in [-0.2, 0) is 0 Å². The maximum absolute atomic E-state index is 12.8. The van der Waals surface area contributed by atoms with Crippen molar-refractivity contribution in [2.75, 3.05) is 0 Å². The van der Waals surface area contributed by atoms with Gasteiger partial charge >= 0.3 is 0 Å². The van der Waals surface area contributed by atoms with E-state index in [1.54, 1.807) is 0 Å². The molecule has 0 unspecified atom stereocenters. The smallest absolute Gasteiger partial charge is 0.279 e. The molecule has 0 saturated carbocycles. The molecule has 0 atom stereocenters. The van der Waals surface area contributed by atoms with Crippen molar-refractivity contribution in [3.63, 3.8) is 0 Å². The molecule has 0 fully saturated rings. The summed E-state index contributed by atoms with van der Waals surface area (Å²) in [7, 11) is 0. The van der Waals surface area contributed by atoms with Gasteiger partial charge in [-0.15, -0.1) is 11.3 Å². The van der Waals surface area contributed by atoms with Crippen LogP contribution in [0.15, 0.2) is 83.2 Å². The first-order valence-corrected chi connectivity index (χ1v) is 10.4. The molecule has 4 aromatic rings. The third-order valence-electron chi connectivity index (χ3n) is 4.84.